The molecule has 4 heterocycles. The summed E-state index contributed by atoms with van der Waals surface area (Å²) in [6.45, 7) is 3.40. The number of fused-ring (bicyclic) bond motifs is 1. The van der Waals surface area contributed by atoms with Gasteiger partial charge in [0.05, 0.1) is 5.69 Å². The van der Waals surface area contributed by atoms with E-state index in [1.165, 1.54) is 30.6 Å². The quantitative estimate of drug-likeness (QED) is 0.521. The van der Waals surface area contributed by atoms with Crippen LogP contribution in [0, 0.1) is 0 Å². The summed E-state index contributed by atoms with van der Waals surface area (Å²) in [6.07, 6.45) is 5.86. The van der Waals surface area contributed by atoms with Gasteiger partial charge in [-0.25, -0.2) is 4.98 Å². The SMILES string of the molecule is CC1CCCCN1c1nc(-c2c[nH]c3ccc(-c4nnc(N)s4)cc23)cs1. The van der Waals surface area contributed by atoms with Gasteiger partial charge >= 0.3 is 0 Å². The summed E-state index contributed by atoms with van der Waals surface area (Å²) in [5.74, 6) is 0. The van der Waals surface area contributed by atoms with Crippen molar-refractivity contribution in [3.8, 4) is 21.8 Å². The standard InChI is InChI=1S/C19H20N6S2/c1-11-4-2-3-7-25(11)19-22-16(10-26-19)14-9-21-15-6-5-12(8-13(14)15)17-23-24-18(20)27-17/h5-6,8-11,21H,2-4,7H2,1H3,(H2,20,24). The molecule has 0 spiro atoms. The molecule has 4 aromatic rings. The molecule has 0 amide bonds. The maximum absolute atomic E-state index is 5.74. The Balaban J connectivity index is 1.53. The molecule has 1 aliphatic heterocycles. The third kappa shape index (κ3) is 2.98. The van der Waals surface area contributed by atoms with Gasteiger partial charge in [0.1, 0.15) is 5.01 Å². The first-order valence-corrected chi connectivity index (χ1v) is 10.8. The van der Waals surface area contributed by atoms with Crippen LogP contribution in [0.3, 0.4) is 0 Å². The summed E-state index contributed by atoms with van der Waals surface area (Å²) in [7, 11) is 0. The Kier molecular flexibility index (Phi) is 4.09. The molecule has 0 radical (unpaired) electrons. The van der Waals surface area contributed by atoms with Crippen molar-refractivity contribution in [3.63, 3.8) is 0 Å². The minimum Gasteiger partial charge on any atom is -0.374 e. The maximum atomic E-state index is 5.74. The third-order valence-corrected chi connectivity index (χ3v) is 6.87. The Labute approximate surface area is 165 Å². The number of H-pyrrole nitrogens is 1. The van der Waals surface area contributed by atoms with Gasteiger partial charge in [-0.2, -0.15) is 0 Å². The van der Waals surface area contributed by atoms with Crippen molar-refractivity contribution >= 4 is 43.8 Å². The van der Waals surface area contributed by atoms with Gasteiger partial charge in [0.2, 0.25) is 5.13 Å². The largest absolute Gasteiger partial charge is 0.374 e. The number of hydrogen-bond donors (Lipinski definition) is 2. The number of nitrogen functional groups attached to an aromatic ring is 1. The lowest BCUT2D eigenvalue weighted by Gasteiger charge is -2.33. The number of rotatable bonds is 3. The van der Waals surface area contributed by atoms with Gasteiger partial charge < -0.3 is 15.6 Å². The number of thiazole rings is 1. The van der Waals surface area contributed by atoms with E-state index >= 15 is 0 Å². The predicted octanol–water partition coefficient (Wildman–Crippen LogP) is 4.77. The van der Waals surface area contributed by atoms with Crippen molar-refractivity contribution in [2.45, 2.75) is 32.2 Å². The number of aromatic nitrogens is 4. The zero-order chi connectivity index (χ0) is 18.4. The molecule has 5 rings (SSSR count). The second kappa shape index (κ2) is 6.61. The third-order valence-electron chi connectivity index (χ3n) is 5.19. The van der Waals surface area contributed by atoms with Crippen LogP contribution in [0.1, 0.15) is 26.2 Å². The van der Waals surface area contributed by atoms with Crippen molar-refractivity contribution < 1.29 is 0 Å². The van der Waals surface area contributed by atoms with Crippen LogP contribution in [0.2, 0.25) is 0 Å². The molecule has 1 aliphatic rings. The van der Waals surface area contributed by atoms with Crippen LogP contribution in [-0.4, -0.2) is 32.8 Å². The number of nitrogens with two attached hydrogens (primary N) is 1. The summed E-state index contributed by atoms with van der Waals surface area (Å²) in [6, 6.07) is 6.83. The lowest BCUT2D eigenvalue weighted by molar-refractivity contribution is 0.484. The van der Waals surface area contributed by atoms with Crippen LogP contribution in [0.15, 0.2) is 29.8 Å². The highest BCUT2D eigenvalue weighted by Crippen LogP contribution is 2.36. The monoisotopic (exact) mass is 396 g/mol. The summed E-state index contributed by atoms with van der Waals surface area (Å²) >= 11 is 3.14. The van der Waals surface area contributed by atoms with Gasteiger partial charge in [0.25, 0.3) is 0 Å². The van der Waals surface area contributed by atoms with Gasteiger partial charge in [-0.05, 0) is 44.4 Å². The summed E-state index contributed by atoms with van der Waals surface area (Å²) < 4.78 is 0. The van der Waals surface area contributed by atoms with Crippen LogP contribution in [0.25, 0.3) is 32.7 Å². The van der Waals surface area contributed by atoms with Crippen molar-refractivity contribution in [1.82, 2.24) is 20.2 Å². The first-order valence-electron chi connectivity index (χ1n) is 9.12. The molecule has 0 aliphatic carbocycles. The Morgan fingerprint density at radius 3 is 3.00 bits per heavy atom. The normalized spacial score (nSPS) is 17.7. The number of aromatic amines is 1. The van der Waals surface area contributed by atoms with E-state index in [9.17, 15) is 0 Å². The van der Waals surface area contributed by atoms with Gasteiger partial charge in [-0.3, -0.25) is 0 Å². The summed E-state index contributed by atoms with van der Waals surface area (Å²) in [4.78, 5) is 10.8. The molecule has 8 heteroatoms. The molecule has 1 aromatic carbocycles. The highest BCUT2D eigenvalue weighted by atomic mass is 32.1. The lowest BCUT2D eigenvalue weighted by Crippen LogP contribution is -2.37. The Morgan fingerprint density at radius 2 is 2.19 bits per heavy atom. The molecule has 0 bridgehead atoms. The molecule has 1 saturated heterocycles. The molecule has 6 nitrogen and oxygen atoms in total. The van der Waals surface area contributed by atoms with Crippen LogP contribution >= 0.6 is 22.7 Å². The molecule has 3 aromatic heterocycles. The maximum Gasteiger partial charge on any atom is 0.203 e. The molecule has 1 fully saturated rings. The topological polar surface area (TPSA) is 83.7 Å². The average molecular weight is 397 g/mol. The molecule has 1 unspecified atom stereocenters. The Morgan fingerprint density at radius 1 is 1.26 bits per heavy atom. The molecule has 27 heavy (non-hydrogen) atoms. The summed E-state index contributed by atoms with van der Waals surface area (Å²) in [5, 5.41) is 13.8. The van der Waals surface area contributed by atoms with Crippen molar-refractivity contribution in [2.24, 2.45) is 0 Å². The molecule has 138 valence electrons. The fourth-order valence-corrected chi connectivity index (χ4v) is 5.28. The number of anilines is 2. The van der Waals surface area contributed by atoms with Crippen LogP contribution < -0.4 is 10.6 Å². The minimum atomic E-state index is 0.485. The second-order valence-corrected chi connectivity index (χ2v) is 8.81. The van der Waals surface area contributed by atoms with E-state index in [0.717, 1.165) is 44.4 Å². The Bertz CT molecular complexity index is 1090. The number of nitrogens with one attached hydrogen (secondary N) is 1. The first kappa shape index (κ1) is 16.7. The number of hydrogen-bond acceptors (Lipinski definition) is 7. The van der Waals surface area contributed by atoms with Gasteiger partial charge in [-0.1, -0.05) is 11.3 Å². The number of nitrogens with zero attached hydrogens (tertiary/aromatic N) is 4. The highest BCUT2D eigenvalue weighted by Gasteiger charge is 2.22. The average Bonchev–Trinajstić information content (AvgIpc) is 3.40. The van der Waals surface area contributed by atoms with Gasteiger partial charge in [0, 0.05) is 46.2 Å². The van der Waals surface area contributed by atoms with Crippen molar-refractivity contribution in [3.05, 3.63) is 29.8 Å². The smallest absolute Gasteiger partial charge is 0.203 e. The molecular formula is C19H20N6S2. The van der Waals surface area contributed by atoms with E-state index < -0.39 is 0 Å². The fraction of sp³-hybridized carbons (Fsp3) is 0.316. The zero-order valence-electron chi connectivity index (χ0n) is 15.0. The van der Waals surface area contributed by atoms with Gasteiger partial charge in [0.15, 0.2) is 5.13 Å². The predicted molar refractivity (Wildman–Crippen MR) is 113 cm³/mol. The molecule has 1 atom stereocenters. The van der Waals surface area contributed by atoms with E-state index in [1.54, 1.807) is 11.3 Å². The fourth-order valence-electron chi connectivity index (χ4n) is 3.72. The molecular weight excluding hydrogens is 376 g/mol. The molecule has 3 N–H and O–H groups in total. The van der Waals surface area contributed by atoms with Crippen LogP contribution in [0.4, 0.5) is 10.3 Å². The highest BCUT2D eigenvalue weighted by molar-refractivity contribution is 7.18. The minimum absolute atomic E-state index is 0.485. The van der Waals surface area contributed by atoms with E-state index in [2.05, 4.69) is 44.5 Å². The first-order chi connectivity index (χ1) is 13.2. The number of benzene rings is 1. The Hall–Kier alpha value is -2.45. The van der Waals surface area contributed by atoms with E-state index in [-0.39, 0.29) is 0 Å². The second-order valence-electron chi connectivity index (χ2n) is 6.96. The summed E-state index contributed by atoms with van der Waals surface area (Å²) in [5.41, 5.74) is 10.00. The van der Waals surface area contributed by atoms with Gasteiger partial charge in [-0.15, -0.1) is 21.5 Å². The molecule has 0 saturated carbocycles. The zero-order valence-corrected chi connectivity index (χ0v) is 16.6. The number of piperidine rings is 1. The van der Waals surface area contributed by atoms with E-state index in [4.69, 9.17) is 10.7 Å². The van der Waals surface area contributed by atoms with Crippen molar-refractivity contribution in [2.75, 3.05) is 17.2 Å². The lowest BCUT2D eigenvalue weighted by atomic mass is 10.0. The van der Waals surface area contributed by atoms with Crippen LogP contribution in [-0.2, 0) is 0 Å². The van der Waals surface area contributed by atoms with Crippen LogP contribution in [0.5, 0.6) is 0 Å². The van der Waals surface area contributed by atoms with Crippen molar-refractivity contribution in [1.29, 1.82) is 0 Å². The van der Waals surface area contributed by atoms with E-state index in [0.29, 0.717) is 11.2 Å². The van der Waals surface area contributed by atoms with E-state index in [1.807, 2.05) is 12.3 Å².